The molecule has 0 spiro atoms. The molecule has 3 nitrogen and oxygen atoms in total. The van der Waals surface area contributed by atoms with Gasteiger partial charge in [0, 0.05) is 17.1 Å². The molecular formula is C15H16N2O. The van der Waals surface area contributed by atoms with Gasteiger partial charge in [-0.3, -0.25) is 0 Å². The summed E-state index contributed by atoms with van der Waals surface area (Å²) < 4.78 is 7.81. The molecule has 0 aliphatic heterocycles. The Balaban J connectivity index is 2.02. The first-order chi connectivity index (χ1) is 8.65. The van der Waals surface area contributed by atoms with Crippen molar-refractivity contribution in [2.24, 2.45) is 0 Å². The Morgan fingerprint density at radius 3 is 2.72 bits per heavy atom. The first-order valence-electron chi connectivity index (χ1n) is 6.12. The molecule has 0 radical (unpaired) electrons. The Kier molecular flexibility index (Phi) is 2.47. The summed E-state index contributed by atoms with van der Waals surface area (Å²) >= 11 is 0. The molecule has 0 aliphatic rings. The lowest BCUT2D eigenvalue weighted by molar-refractivity contribution is 0.459. The Labute approximate surface area is 106 Å². The van der Waals surface area contributed by atoms with Crippen LogP contribution in [0, 0.1) is 20.8 Å². The zero-order chi connectivity index (χ0) is 12.7. The van der Waals surface area contributed by atoms with Crippen molar-refractivity contribution in [2.45, 2.75) is 27.3 Å². The third-order valence-corrected chi connectivity index (χ3v) is 3.41. The van der Waals surface area contributed by atoms with E-state index < -0.39 is 0 Å². The highest BCUT2D eigenvalue weighted by Crippen LogP contribution is 2.21. The van der Waals surface area contributed by atoms with Gasteiger partial charge in [-0.25, -0.2) is 4.98 Å². The van der Waals surface area contributed by atoms with Gasteiger partial charge < -0.3 is 8.98 Å². The standard InChI is InChI=1S/C15H16N2O/c1-10-5-4-6-14-13(10)7-8-17(14)9-15-16-11(2)12(3)18-15/h4-8H,9H2,1-3H3. The predicted octanol–water partition coefficient (Wildman–Crippen LogP) is 3.60. The molecule has 0 saturated heterocycles. The van der Waals surface area contributed by atoms with E-state index in [-0.39, 0.29) is 0 Å². The van der Waals surface area contributed by atoms with E-state index in [0.717, 1.165) is 17.3 Å². The number of aryl methyl sites for hydroxylation is 3. The molecule has 3 aromatic rings. The van der Waals surface area contributed by atoms with Gasteiger partial charge in [0.2, 0.25) is 5.89 Å². The van der Waals surface area contributed by atoms with Gasteiger partial charge in [-0.2, -0.15) is 0 Å². The lowest BCUT2D eigenvalue weighted by atomic mass is 10.1. The average Bonchev–Trinajstić information content (AvgIpc) is 2.86. The number of benzene rings is 1. The fourth-order valence-electron chi connectivity index (χ4n) is 2.27. The molecule has 0 unspecified atom stereocenters. The zero-order valence-corrected chi connectivity index (χ0v) is 10.9. The van der Waals surface area contributed by atoms with Crippen LogP contribution in [0.4, 0.5) is 0 Å². The van der Waals surface area contributed by atoms with Gasteiger partial charge in [0.1, 0.15) is 5.76 Å². The highest BCUT2D eigenvalue weighted by molar-refractivity contribution is 5.83. The second-order valence-electron chi connectivity index (χ2n) is 4.70. The van der Waals surface area contributed by atoms with Crippen LogP contribution in [0.15, 0.2) is 34.9 Å². The number of rotatable bonds is 2. The fraction of sp³-hybridized carbons (Fsp3) is 0.267. The Bertz CT molecular complexity index is 687. The van der Waals surface area contributed by atoms with E-state index in [9.17, 15) is 0 Å². The van der Waals surface area contributed by atoms with Gasteiger partial charge >= 0.3 is 0 Å². The van der Waals surface area contributed by atoms with Crippen molar-refractivity contribution in [1.82, 2.24) is 9.55 Å². The fourth-order valence-corrected chi connectivity index (χ4v) is 2.27. The number of aromatic nitrogens is 2. The zero-order valence-electron chi connectivity index (χ0n) is 10.9. The van der Waals surface area contributed by atoms with E-state index >= 15 is 0 Å². The smallest absolute Gasteiger partial charge is 0.214 e. The highest BCUT2D eigenvalue weighted by Gasteiger charge is 2.08. The number of nitrogens with zero attached hydrogens (tertiary/aromatic N) is 2. The SMILES string of the molecule is Cc1nc(Cn2ccc3c(C)cccc32)oc1C. The molecule has 3 heteroatoms. The summed E-state index contributed by atoms with van der Waals surface area (Å²) in [7, 11) is 0. The summed E-state index contributed by atoms with van der Waals surface area (Å²) in [6.45, 7) is 6.73. The molecule has 2 aromatic heterocycles. The maximum Gasteiger partial charge on any atom is 0.214 e. The second-order valence-corrected chi connectivity index (χ2v) is 4.70. The molecular weight excluding hydrogens is 224 g/mol. The maximum atomic E-state index is 5.63. The van der Waals surface area contributed by atoms with Crippen LogP contribution in [0.2, 0.25) is 0 Å². The minimum absolute atomic E-state index is 0.682. The molecule has 1 aromatic carbocycles. The number of oxazole rings is 1. The Hall–Kier alpha value is -2.03. The van der Waals surface area contributed by atoms with Crippen LogP contribution in [0.5, 0.6) is 0 Å². The number of fused-ring (bicyclic) bond motifs is 1. The van der Waals surface area contributed by atoms with Gasteiger partial charge in [-0.1, -0.05) is 12.1 Å². The maximum absolute atomic E-state index is 5.63. The van der Waals surface area contributed by atoms with E-state index in [1.54, 1.807) is 0 Å². The van der Waals surface area contributed by atoms with Gasteiger partial charge in [0.25, 0.3) is 0 Å². The molecule has 0 saturated carbocycles. The van der Waals surface area contributed by atoms with Crippen LogP contribution in [0.1, 0.15) is 22.9 Å². The van der Waals surface area contributed by atoms with Gasteiger partial charge in [0.15, 0.2) is 0 Å². The summed E-state index contributed by atoms with van der Waals surface area (Å²) in [6, 6.07) is 8.49. The van der Waals surface area contributed by atoms with Gasteiger partial charge in [-0.15, -0.1) is 0 Å². The Morgan fingerprint density at radius 2 is 2.00 bits per heavy atom. The summed E-state index contributed by atoms with van der Waals surface area (Å²) in [5.41, 5.74) is 3.49. The van der Waals surface area contributed by atoms with Crippen molar-refractivity contribution in [2.75, 3.05) is 0 Å². The first kappa shape index (κ1) is 11.1. The molecule has 0 aliphatic carbocycles. The molecule has 0 amide bonds. The van der Waals surface area contributed by atoms with Crippen molar-refractivity contribution in [3.05, 3.63) is 53.4 Å². The summed E-state index contributed by atoms with van der Waals surface area (Å²) in [5.74, 6) is 1.67. The lowest BCUT2D eigenvalue weighted by Gasteiger charge is -2.02. The number of hydrogen-bond acceptors (Lipinski definition) is 2. The minimum Gasteiger partial charge on any atom is -0.444 e. The largest absolute Gasteiger partial charge is 0.444 e. The van der Waals surface area contributed by atoms with Crippen LogP contribution >= 0.6 is 0 Å². The molecule has 3 rings (SSSR count). The van der Waals surface area contributed by atoms with E-state index in [2.05, 4.69) is 46.9 Å². The van der Waals surface area contributed by atoms with Gasteiger partial charge in [-0.05, 0) is 38.5 Å². The molecule has 92 valence electrons. The topological polar surface area (TPSA) is 31.0 Å². The number of hydrogen-bond donors (Lipinski definition) is 0. The molecule has 2 heterocycles. The van der Waals surface area contributed by atoms with E-state index in [1.165, 1.54) is 16.5 Å². The van der Waals surface area contributed by atoms with Crippen molar-refractivity contribution >= 4 is 10.9 Å². The summed E-state index contributed by atoms with van der Waals surface area (Å²) in [5, 5.41) is 1.29. The lowest BCUT2D eigenvalue weighted by Crippen LogP contribution is -1.98. The molecule has 18 heavy (non-hydrogen) atoms. The van der Waals surface area contributed by atoms with Crippen LogP contribution in [0.25, 0.3) is 10.9 Å². The molecule has 0 N–H and O–H groups in total. The van der Waals surface area contributed by atoms with Crippen molar-refractivity contribution in [1.29, 1.82) is 0 Å². The van der Waals surface area contributed by atoms with Crippen molar-refractivity contribution in [3.8, 4) is 0 Å². The summed E-state index contributed by atoms with van der Waals surface area (Å²) in [6.07, 6.45) is 2.09. The van der Waals surface area contributed by atoms with Gasteiger partial charge in [0.05, 0.1) is 12.2 Å². The molecule has 0 bridgehead atoms. The molecule has 0 atom stereocenters. The van der Waals surface area contributed by atoms with Crippen LogP contribution in [0.3, 0.4) is 0 Å². The monoisotopic (exact) mass is 240 g/mol. The first-order valence-corrected chi connectivity index (χ1v) is 6.12. The quantitative estimate of drug-likeness (QED) is 0.685. The van der Waals surface area contributed by atoms with Crippen LogP contribution in [-0.2, 0) is 6.54 Å². The highest BCUT2D eigenvalue weighted by atomic mass is 16.4. The third-order valence-electron chi connectivity index (χ3n) is 3.41. The van der Waals surface area contributed by atoms with Crippen LogP contribution < -0.4 is 0 Å². The summed E-state index contributed by atoms with van der Waals surface area (Å²) in [4.78, 5) is 4.43. The Morgan fingerprint density at radius 1 is 1.17 bits per heavy atom. The van der Waals surface area contributed by atoms with Crippen molar-refractivity contribution in [3.63, 3.8) is 0 Å². The average molecular weight is 240 g/mol. The second kappa shape index (κ2) is 4.02. The van der Waals surface area contributed by atoms with E-state index in [1.807, 2.05) is 13.8 Å². The molecule has 0 fully saturated rings. The van der Waals surface area contributed by atoms with Crippen LogP contribution in [-0.4, -0.2) is 9.55 Å². The van der Waals surface area contributed by atoms with Crippen molar-refractivity contribution < 1.29 is 4.42 Å². The van der Waals surface area contributed by atoms with E-state index in [4.69, 9.17) is 4.42 Å². The normalized spacial score (nSPS) is 11.3. The minimum atomic E-state index is 0.682. The predicted molar refractivity (Wildman–Crippen MR) is 71.8 cm³/mol. The third kappa shape index (κ3) is 1.72. The van der Waals surface area contributed by atoms with E-state index in [0.29, 0.717) is 6.54 Å².